The average Bonchev–Trinajstić information content (AvgIpc) is 3.29. The number of benzene rings is 2. The second-order valence-electron chi connectivity index (χ2n) is 17.0. The van der Waals surface area contributed by atoms with Gasteiger partial charge in [0.15, 0.2) is 22.9 Å². The van der Waals surface area contributed by atoms with Crippen LogP contribution < -0.4 is 41.0 Å². The van der Waals surface area contributed by atoms with E-state index >= 15 is 0 Å². The molecule has 4 aliphatic rings. The third-order valence-corrected chi connectivity index (χ3v) is 12.1. The maximum atomic E-state index is 14.0. The van der Waals surface area contributed by atoms with Gasteiger partial charge in [0, 0.05) is 74.9 Å². The molecular weight excluding hydrogens is 893 g/mol. The number of carbonyl (C=O) groups is 4. The molecule has 8 rings (SSSR count). The summed E-state index contributed by atoms with van der Waals surface area (Å²) < 4.78 is 68.9. The van der Waals surface area contributed by atoms with Gasteiger partial charge in [-0.05, 0) is 63.5 Å². The smallest absolute Gasteiger partial charge is 0.277 e. The Balaban J connectivity index is 0.000000201. The van der Waals surface area contributed by atoms with Crippen molar-refractivity contribution in [2.45, 2.75) is 91.1 Å². The van der Waals surface area contributed by atoms with E-state index in [0.717, 1.165) is 75.6 Å². The Morgan fingerprint density at radius 2 is 0.971 bits per heavy atom. The van der Waals surface area contributed by atoms with E-state index in [0.29, 0.717) is 52.4 Å². The van der Waals surface area contributed by atoms with Gasteiger partial charge in [0.2, 0.25) is 10.9 Å². The summed E-state index contributed by atoms with van der Waals surface area (Å²) in [5.41, 5.74) is -1.38. The van der Waals surface area contributed by atoms with Crippen molar-refractivity contribution in [3.05, 3.63) is 126 Å². The number of amides is 4. The van der Waals surface area contributed by atoms with E-state index in [2.05, 4.69) is 10.6 Å². The molecule has 4 bridgehead atoms. The molecule has 0 spiro atoms. The zero-order valence-corrected chi connectivity index (χ0v) is 38.2. The van der Waals surface area contributed by atoms with Gasteiger partial charge < -0.3 is 29.9 Å². The molecule has 0 atom stereocenters. The number of fused-ring (bicyclic) bond motifs is 8. The standard InChI is InChI=1S/2C24H28F2N4O4/c2*1-2-3-11-34-22-20-24(33)28-9-5-4-6-10-29(15-28)30(20)14-18(21(22)31)23(32)27-13-16-7-8-17(25)12-19(16)26/h2*7-8,12,14H,2-6,9-11,13,15H2,1H3,(H,27,32). The highest BCUT2D eigenvalue weighted by molar-refractivity contribution is 6.00. The molecule has 0 aliphatic carbocycles. The molecule has 20 heteroatoms. The van der Waals surface area contributed by atoms with Crippen LogP contribution >= 0.6 is 0 Å². The quantitative estimate of drug-likeness (QED) is 0.121. The number of nitrogens with one attached hydrogen (secondary N) is 2. The number of unbranched alkanes of at least 4 members (excludes halogenated alkanes) is 2. The predicted molar refractivity (Wildman–Crippen MR) is 243 cm³/mol. The molecule has 4 aromatic rings. The first-order valence-electron chi connectivity index (χ1n) is 23.2. The number of hydrogen-bond donors (Lipinski definition) is 2. The van der Waals surface area contributed by atoms with Crippen LogP contribution in [0, 0.1) is 23.3 Å². The van der Waals surface area contributed by atoms with E-state index in [4.69, 9.17) is 9.47 Å². The Morgan fingerprint density at radius 3 is 1.35 bits per heavy atom. The number of hydrogen-bond acceptors (Lipinski definition) is 10. The van der Waals surface area contributed by atoms with Gasteiger partial charge in [-0.1, -0.05) is 38.8 Å². The molecule has 16 nitrogen and oxygen atoms in total. The van der Waals surface area contributed by atoms with Gasteiger partial charge in [-0.25, -0.2) is 17.6 Å². The summed E-state index contributed by atoms with van der Waals surface area (Å²) in [4.78, 5) is 82.4. The molecular formula is C48H56F4N8O8. The van der Waals surface area contributed by atoms with Crippen molar-refractivity contribution in [3.63, 3.8) is 0 Å². The zero-order chi connectivity index (χ0) is 48.5. The molecule has 364 valence electrons. The van der Waals surface area contributed by atoms with Crippen molar-refractivity contribution < 1.29 is 46.2 Å². The zero-order valence-electron chi connectivity index (χ0n) is 38.2. The van der Waals surface area contributed by atoms with Crippen LogP contribution in [0.15, 0.2) is 58.4 Å². The van der Waals surface area contributed by atoms with E-state index in [1.807, 2.05) is 23.9 Å². The molecule has 4 aliphatic heterocycles. The summed E-state index contributed by atoms with van der Waals surface area (Å²) in [5, 5.41) is 8.88. The molecule has 2 saturated heterocycles. The summed E-state index contributed by atoms with van der Waals surface area (Å²) >= 11 is 0. The Labute approximate surface area is 390 Å². The second kappa shape index (κ2) is 22.3. The third kappa shape index (κ3) is 10.9. The molecule has 2 fully saturated rings. The number of aromatic nitrogens is 2. The summed E-state index contributed by atoms with van der Waals surface area (Å²) in [6, 6.07) is 6.12. The highest BCUT2D eigenvalue weighted by Gasteiger charge is 2.37. The summed E-state index contributed by atoms with van der Waals surface area (Å²) in [6.45, 7) is 7.14. The third-order valence-electron chi connectivity index (χ3n) is 12.1. The topological polar surface area (TPSA) is 168 Å². The van der Waals surface area contributed by atoms with E-state index in [1.54, 1.807) is 19.2 Å². The molecule has 0 radical (unpaired) electrons. The Morgan fingerprint density at radius 1 is 0.574 bits per heavy atom. The van der Waals surface area contributed by atoms with Crippen molar-refractivity contribution in [3.8, 4) is 11.5 Å². The molecule has 6 heterocycles. The molecule has 0 saturated carbocycles. The van der Waals surface area contributed by atoms with Gasteiger partial charge in [0.25, 0.3) is 23.6 Å². The van der Waals surface area contributed by atoms with E-state index in [-0.39, 0.29) is 83.3 Å². The molecule has 2 aromatic heterocycles. The number of ether oxygens (including phenoxy) is 2. The van der Waals surface area contributed by atoms with Crippen molar-refractivity contribution in [1.29, 1.82) is 0 Å². The highest BCUT2D eigenvalue weighted by Crippen LogP contribution is 2.27. The summed E-state index contributed by atoms with van der Waals surface area (Å²) in [6.07, 6.45) is 11.3. The predicted octanol–water partition coefficient (Wildman–Crippen LogP) is 5.54. The minimum Gasteiger partial charge on any atom is -0.487 e. The van der Waals surface area contributed by atoms with Crippen molar-refractivity contribution in [2.24, 2.45) is 0 Å². The minimum atomic E-state index is -0.794. The van der Waals surface area contributed by atoms with E-state index in [1.165, 1.54) is 24.5 Å². The molecule has 2 aromatic carbocycles. The molecule has 4 amide bonds. The first-order valence-corrected chi connectivity index (χ1v) is 23.2. The van der Waals surface area contributed by atoms with Crippen LogP contribution in [-0.2, 0) is 13.1 Å². The number of carbonyl (C=O) groups excluding carboxylic acids is 4. The van der Waals surface area contributed by atoms with Gasteiger partial charge in [-0.3, -0.25) is 48.1 Å². The van der Waals surface area contributed by atoms with Crippen LogP contribution in [0.2, 0.25) is 0 Å². The SMILES string of the molecule is CCCCOc1c2n(cc(C(=O)NCc3ccc(F)cc3F)c1=O)N1CCCCCN(C1)C2=O.CCCCOc1c2n(cc(C(=O)NCc3ccc(F)cc3F)c1=O)N1CCCCCN(C1)C2=O. The van der Waals surface area contributed by atoms with Crippen molar-refractivity contribution in [1.82, 2.24) is 29.8 Å². The normalized spacial score (nSPS) is 15.4. The molecule has 68 heavy (non-hydrogen) atoms. The van der Waals surface area contributed by atoms with Crippen LogP contribution in [0.4, 0.5) is 17.6 Å². The average molecular weight is 949 g/mol. The number of pyridine rings is 2. The fraction of sp³-hybridized carbons (Fsp3) is 0.458. The van der Waals surface area contributed by atoms with Crippen molar-refractivity contribution in [2.75, 3.05) is 62.7 Å². The summed E-state index contributed by atoms with van der Waals surface area (Å²) in [7, 11) is 0. The fourth-order valence-corrected chi connectivity index (χ4v) is 8.30. The molecule has 2 N–H and O–H groups in total. The van der Waals surface area contributed by atoms with Gasteiger partial charge in [-0.15, -0.1) is 0 Å². The maximum absolute atomic E-state index is 14.0. The lowest BCUT2D eigenvalue weighted by atomic mass is 10.1. The Bertz CT molecular complexity index is 2480. The second-order valence-corrected chi connectivity index (χ2v) is 17.0. The largest absolute Gasteiger partial charge is 0.487 e. The highest BCUT2D eigenvalue weighted by atomic mass is 19.1. The summed E-state index contributed by atoms with van der Waals surface area (Å²) in [5.74, 6) is -5.39. The van der Waals surface area contributed by atoms with Crippen LogP contribution in [0.5, 0.6) is 11.5 Å². The van der Waals surface area contributed by atoms with Gasteiger partial charge in [-0.2, -0.15) is 0 Å². The van der Waals surface area contributed by atoms with Crippen molar-refractivity contribution >= 4 is 23.6 Å². The Hall–Kier alpha value is -6.86. The first-order chi connectivity index (χ1) is 32.8. The van der Waals surface area contributed by atoms with Crippen LogP contribution in [0.1, 0.15) is 131 Å². The first kappa shape index (κ1) is 49.1. The van der Waals surface area contributed by atoms with Gasteiger partial charge >= 0.3 is 0 Å². The van der Waals surface area contributed by atoms with Crippen LogP contribution in [-0.4, -0.2) is 95.5 Å². The van der Waals surface area contributed by atoms with E-state index < -0.39 is 45.9 Å². The number of nitrogens with zero attached hydrogens (tertiary/aromatic N) is 6. The Kier molecular flexibility index (Phi) is 16.1. The minimum absolute atomic E-state index is 0.0850. The number of halogens is 4. The fourth-order valence-electron chi connectivity index (χ4n) is 8.30. The van der Waals surface area contributed by atoms with Crippen LogP contribution in [0.3, 0.4) is 0 Å². The monoisotopic (exact) mass is 948 g/mol. The van der Waals surface area contributed by atoms with Crippen LogP contribution in [0.25, 0.3) is 0 Å². The lowest BCUT2D eigenvalue weighted by molar-refractivity contribution is 0.0662. The van der Waals surface area contributed by atoms with Gasteiger partial charge in [0.1, 0.15) is 47.7 Å². The maximum Gasteiger partial charge on any atom is 0.277 e. The lowest BCUT2D eigenvalue weighted by Gasteiger charge is -2.41. The molecule has 0 unspecified atom stereocenters. The van der Waals surface area contributed by atoms with E-state index in [9.17, 15) is 46.3 Å². The number of rotatable bonds is 14. The van der Waals surface area contributed by atoms with Gasteiger partial charge in [0.05, 0.1) is 13.2 Å². The lowest BCUT2D eigenvalue weighted by Crippen LogP contribution is -2.56.